The molecule has 1 aromatic carbocycles. The van der Waals surface area contributed by atoms with Crippen molar-refractivity contribution < 1.29 is 28.3 Å². The second kappa shape index (κ2) is 12.5. The predicted molar refractivity (Wildman–Crippen MR) is 132 cm³/mol. The van der Waals surface area contributed by atoms with Gasteiger partial charge in [-0.3, -0.25) is 4.79 Å². The topological polar surface area (TPSA) is 90.9 Å². The Labute approximate surface area is 203 Å². The largest absolute Gasteiger partial charge is 0.464 e. The number of hydrogen-bond acceptors (Lipinski definition) is 6. The molecule has 0 bridgehead atoms. The Bertz CT molecular complexity index is 776. The standard InChI is InChI=1S/C24H38ClNO6Si/c1-8-30-21(28)24(22(29)31-9-2,26-20(27)18-13-11-10-12-14-18)16-15-19(17-25)32-33(6,7)23(3,4)5/h10-14,19H,8-9,15-17H2,1-7H3,(H,26,27). The van der Waals surface area contributed by atoms with E-state index in [1.54, 1.807) is 44.2 Å². The summed E-state index contributed by atoms with van der Waals surface area (Å²) < 4.78 is 16.8. The molecule has 1 N–H and O–H groups in total. The molecule has 7 nitrogen and oxygen atoms in total. The summed E-state index contributed by atoms with van der Waals surface area (Å²) in [5, 5.41) is 2.57. The Balaban J connectivity index is 3.29. The molecule has 0 spiro atoms. The minimum Gasteiger partial charge on any atom is -0.464 e. The van der Waals surface area contributed by atoms with Crippen LogP contribution in [0, 0.1) is 0 Å². The Hall–Kier alpha value is -1.90. The van der Waals surface area contributed by atoms with Crippen molar-refractivity contribution in [3.8, 4) is 0 Å². The van der Waals surface area contributed by atoms with Crippen molar-refractivity contribution in [3.05, 3.63) is 35.9 Å². The summed E-state index contributed by atoms with van der Waals surface area (Å²) in [6.45, 7) is 13.9. The predicted octanol–water partition coefficient (Wildman–Crippen LogP) is 4.69. The highest BCUT2D eigenvalue weighted by Crippen LogP contribution is 2.38. The Morgan fingerprint density at radius 3 is 1.94 bits per heavy atom. The fraction of sp³-hybridized carbons (Fsp3) is 0.625. The third-order valence-corrected chi connectivity index (χ3v) is 10.8. The van der Waals surface area contributed by atoms with E-state index in [0.29, 0.717) is 5.56 Å². The number of halogens is 1. The summed E-state index contributed by atoms with van der Waals surface area (Å²) in [5.41, 5.74) is -1.71. The molecule has 0 aliphatic heterocycles. The van der Waals surface area contributed by atoms with Gasteiger partial charge in [0.1, 0.15) is 0 Å². The first kappa shape index (κ1) is 29.1. The van der Waals surface area contributed by atoms with Crippen LogP contribution in [0.3, 0.4) is 0 Å². The SMILES string of the molecule is CCOC(=O)C(CCC(CCl)O[Si](C)(C)C(C)(C)C)(NC(=O)c1ccccc1)C(=O)OCC. The van der Waals surface area contributed by atoms with Crippen LogP contribution >= 0.6 is 11.6 Å². The highest BCUT2D eigenvalue weighted by molar-refractivity contribution is 6.74. The zero-order chi connectivity index (χ0) is 25.3. The van der Waals surface area contributed by atoms with Gasteiger partial charge in [0.25, 0.3) is 5.91 Å². The molecular formula is C24H38ClNO6Si. The van der Waals surface area contributed by atoms with Gasteiger partial charge in [-0.25, -0.2) is 9.59 Å². The van der Waals surface area contributed by atoms with Crippen molar-refractivity contribution in [2.45, 2.75) is 77.2 Å². The lowest BCUT2D eigenvalue weighted by Crippen LogP contribution is -2.62. The van der Waals surface area contributed by atoms with E-state index in [0.717, 1.165) is 0 Å². The van der Waals surface area contributed by atoms with Crippen LogP contribution in [0.5, 0.6) is 0 Å². The highest BCUT2D eigenvalue weighted by Gasteiger charge is 2.51. The van der Waals surface area contributed by atoms with Crippen molar-refractivity contribution in [2.24, 2.45) is 0 Å². The molecule has 1 aromatic rings. The number of alkyl halides is 1. The number of rotatable bonds is 12. The van der Waals surface area contributed by atoms with Crippen molar-refractivity contribution in [1.82, 2.24) is 5.32 Å². The number of ether oxygens (including phenoxy) is 2. The minimum absolute atomic E-state index is 0.0423. The Kier molecular flexibility index (Phi) is 11.1. The van der Waals surface area contributed by atoms with Gasteiger partial charge in [-0.15, -0.1) is 11.6 Å². The van der Waals surface area contributed by atoms with Gasteiger partial charge in [-0.2, -0.15) is 0 Å². The highest BCUT2D eigenvalue weighted by atomic mass is 35.5. The third kappa shape index (κ3) is 7.83. The molecule has 9 heteroatoms. The van der Waals surface area contributed by atoms with Gasteiger partial charge in [-0.05, 0) is 57.0 Å². The zero-order valence-electron chi connectivity index (χ0n) is 20.8. The van der Waals surface area contributed by atoms with Crippen LogP contribution in [0.2, 0.25) is 18.1 Å². The van der Waals surface area contributed by atoms with Crippen LogP contribution in [0.25, 0.3) is 0 Å². The van der Waals surface area contributed by atoms with Gasteiger partial charge in [0.15, 0.2) is 8.32 Å². The molecule has 186 valence electrons. The van der Waals surface area contributed by atoms with Crippen molar-refractivity contribution in [3.63, 3.8) is 0 Å². The molecular weight excluding hydrogens is 462 g/mol. The van der Waals surface area contributed by atoms with Crippen LogP contribution in [0.4, 0.5) is 0 Å². The Morgan fingerprint density at radius 2 is 1.52 bits per heavy atom. The summed E-state index contributed by atoms with van der Waals surface area (Å²) in [6.07, 6.45) is -0.234. The summed E-state index contributed by atoms with van der Waals surface area (Å²) in [6, 6.07) is 8.35. The van der Waals surface area contributed by atoms with Crippen molar-refractivity contribution >= 4 is 37.8 Å². The number of nitrogens with one attached hydrogen (secondary N) is 1. The first-order valence-corrected chi connectivity index (χ1v) is 14.7. The lowest BCUT2D eigenvalue weighted by atomic mass is 9.91. The fourth-order valence-electron chi connectivity index (χ4n) is 2.95. The van der Waals surface area contributed by atoms with Crippen molar-refractivity contribution in [2.75, 3.05) is 19.1 Å². The molecule has 0 aliphatic rings. The van der Waals surface area contributed by atoms with Gasteiger partial charge in [0, 0.05) is 11.4 Å². The number of amides is 1. The molecule has 1 amide bonds. The Morgan fingerprint density at radius 1 is 1.00 bits per heavy atom. The summed E-state index contributed by atoms with van der Waals surface area (Å²) in [4.78, 5) is 39.2. The van der Waals surface area contributed by atoms with Gasteiger partial charge >= 0.3 is 11.9 Å². The number of esters is 2. The maximum Gasteiger partial charge on any atom is 0.343 e. The second-order valence-electron chi connectivity index (χ2n) is 9.36. The average molecular weight is 500 g/mol. The van der Waals surface area contributed by atoms with E-state index in [2.05, 4.69) is 39.2 Å². The molecule has 0 aliphatic carbocycles. The van der Waals surface area contributed by atoms with Gasteiger partial charge in [0.05, 0.1) is 19.3 Å². The van der Waals surface area contributed by atoms with Crippen LogP contribution in [-0.4, -0.2) is 56.9 Å². The van der Waals surface area contributed by atoms with Gasteiger partial charge in [0.2, 0.25) is 5.54 Å². The van der Waals surface area contributed by atoms with Crippen molar-refractivity contribution in [1.29, 1.82) is 0 Å². The van der Waals surface area contributed by atoms with E-state index in [-0.39, 0.29) is 37.0 Å². The minimum atomic E-state index is -2.16. The molecule has 0 saturated carbocycles. The van der Waals surface area contributed by atoms with Crippen LogP contribution in [0.1, 0.15) is 57.8 Å². The smallest absolute Gasteiger partial charge is 0.343 e. The van der Waals surface area contributed by atoms with E-state index < -0.39 is 37.8 Å². The molecule has 0 saturated heterocycles. The van der Waals surface area contributed by atoms with E-state index in [4.69, 9.17) is 25.5 Å². The zero-order valence-corrected chi connectivity index (χ0v) is 22.6. The number of hydrogen-bond donors (Lipinski definition) is 1. The maximum atomic E-state index is 13.1. The molecule has 0 radical (unpaired) electrons. The molecule has 0 fully saturated rings. The van der Waals surface area contributed by atoms with E-state index in [9.17, 15) is 14.4 Å². The molecule has 1 atom stereocenters. The molecule has 1 rings (SSSR count). The van der Waals surface area contributed by atoms with Crippen LogP contribution in [-0.2, 0) is 23.5 Å². The van der Waals surface area contributed by atoms with Gasteiger partial charge < -0.3 is 19.2 Å². The first-order chi connectivity index (χ1) is 15.3. The summed E-state index contributed by atoms with van der Waals surface area (Å²) in [7, 11) is -2.16. The quantitative estimate of drug-likeness (QED) is 0.194. The van der Waals surface area contributed by atoms with E-state index in [1.807, 2.05) is 0 Å². The number of carbonyl (C=O) groups excluding carboxylic acids is 3. The van der Waals surface area contributed by atoms with Crippen LogP contribution < -0.4 is 5.32 Å². The lowest BCUT2D eigenvalue weighted by molar-refractivity contribution is -0.166. The maximum absolute atomic E-state index is 13.1. The number of carbonyl (C=O) groups is 3. The summed E-state index contributed by atoms with van der Waals surface area (Å²) >= 11 is 6.21. The summed E-state index contributed by atoms with van der Waals surface area (Å²) in [5.74, 6) is -2.13. The number of benzene rings is 1. The monoisotopic (exact) mass is 499 g/mol. The normalized spacial score (nSPS) is 13.2. The third-order valence-electron chi connectivity index (χ3n) is 5.89. The molecule has 33 heavy (non-hydrogen) atoms. The van der Waals surface area contributed by atoms with E-state index >= 15 is 0 Å². The fourth-order valence-corrected chi connectivity index (χ4v) is 4.67. The average Bonchev–Trinajstić information content (AvgIpc) is 2.75. The molecule has 0 heterocycles. The molecule has 0 aromatic heterocycles. The second-order valence-corrected chi connectivity index (χ2v) is 14.4. The lowest BCUT2D eigenvalue weighted by Gasteiger charge is -2.39. The van der Waals surface area contributed by atoms with Gasteiger partial charge in [-0.1, -0.05) is 39.0 Å². The van der Waals surface area contributed by atoms with Crippen LogP contribution in [0.15, 0.2) is 30.3 Å². The first-order valence-electron chi connectivity index (χ1n) is 11.3. The molecule has 1 unspecified atom stereocenters. The van der Waals surface area contributed by atoms with E-state index in [1.165, 1.54) is 0 Å².